The lowest BCUT2D eigenvalue weighted by molar-refractivity contribution is -0.141. The average Bonchev–Trinajstić information content (AvgIpc) is 3.79. The largest absolute Gasteiger partial charge is 0.416 e. The van der Waals surface area contributed by atoms with Crippen LogP contribution in [0.25, 0.3) is 11.1 Å². The smallest absolute Gasteiger partial charge is 0.378 e. The number of aliphatic hydroxyl groups is 1. The van der Waals surface area contributed by atoms with Crippen LogP contribution in [-0.4, -0.2) is 32.4 Å². The van der Waals surface area contributed by atoms with Crippen LogP contribution in [-0.2, 0) is 29.4 Å². The summed E-state index contributed by atoms with van der Waals surface area (Å²) in [6.07, 6.45) is -3.85. The van der Waals surface area contributed by atoms with Gasteiger partial charge in [-0.1, -0.05) is 60.7 Å². The van der Waals surface area contributed by atoms with Gasteiger partial charge in [-0.15, -0.1) is 0 Å². The number of aromatic amines is 1. The zero-order chi connectivity index (χ0) is 28.1. The molecule has 0 bridgehead atoms. The molecule has 0 spiro atoms. The van der Waals surface area contributed by atoms with Crippen molar-refractivity contribution in [2.24, 2.45) is 0 Å². The van der Waals surface area contributed by atoms with Crippen LogP contribution < -0.4 is 5.56 Å². The molecule has 1 aromatic heterocycles. The number of benzene rings is 3. The van der Waals surface area contributed by atoms with E-state index in [0.29, 0.717) is 34.6 Å². The van der Waals surface area contributed by atoms with Crippen molar-refractivity contribution in [3.8, 4) is 11.1 Å². The minimum atomic E-state index is -4.48. The third-order valence-electron chi connectivity index (χ3n) is 7.87. The topological polar surface area (TPSA) is 86.3 Å². The van der Waals surface area contributed by atoms with Crippen molar-refractivity contribution in [3.63, 3.8) is 0 Å². The van der Waals surface area contributed by atoms with Crippen molar-refractivity contribution in [3.05, 3.63) is 123 Å². The number of carbonyl (C=O) groups is 1. The fourth-order valence-electron chi connectivity index (χ4n) is 5.46. The Labute approximate surface area is 228 Å². The van der Waals surface area contributed by atoms with Gasteiger partial charge in [0.1, 0.15) is 5.82 Å². The summed E-state index contributed by atoms with van der Waals surface area (Å²) < 4.78 is 39.5. The highest BCUT2D eigenvalue weighted by Crippen LogP contribution is 2.52. The maximum atomic E-state index is 13.3. The minimum absolute atomic E-state index is 0.0134. The van der Waals surface area contributed by atoms with Gasteiger partial charge in [0.15, 0.2) is 6.10 Å². The van der Waals surface area contributed by atoms with E-state index in [2.05, 4.69) is 4.98 Å². The minimum Gasteiger partial charge on any atom is -0.378 e. The van der Waals surface area contributed by atoms with E-state index in [1.54, 1.807) is 24.3 Å². The normalized spacial score (nSPS) is 16.8. The summed E-state index contributed by atoms with van der Waals surface area (Å²) in [5, 5.41) is 10.9. The van der Waals surface area contributed by atoms with Gasteiger partial charge in [0.05, 0.1) is 28.8 Å². The number of hydrogen-bond donors (Lipinski definition) is 2. The van der Waals surface area contributed by atoms with Gasteiger partial charge in [-0.25, -0.2) is 4.98 Å². The molecular formula is C31H26F3N3O3. The molecule has 6 rings (SSSR count). The third kappa shape index (κ3) is 4.70. The van der Waals surface area contributed by atoms with E-state index in [1.165, 1.54) is 17.0 Å². The van der Waals surface area contributed by atoms with Crippen LogP contribution in [0, 0.1) is 0 Å². The predicted octanol–water partition coefficient (Wildman–Crippen LogP) is 5.15. The van der Waals surface area contributed by atoms with Crippen molar-refractivity contribution in [2.75, 3.05) is 6.54 Å². The Bertz CT molecular complexity index is 1650. The number of aromatic nitrogens is 2. The molecule has 1 aliphatic heterocycles. The van der Waals surface area contributed by atoms with Crippen LogP contribution in [0.5, 0.6) is 0 Å². The molecule has 1 fully saturated rings. The number of aliphatic hydroxyl groups excluding tert-OH is 1. The van der Waals surface area contributed by atoms with Gasteiger partial charge in [-0.3, -0.25) is 9.59 Å². The fourth-order valence-corrected chi connectivity index (χ4v) is 5.46. The van der Waals surface area contributed by atoms with Gasteiger partial charge in [0.2, 0.25) is 0 Å². The zero-order valence-electron chi connectivity index (χ0n) is 21.4. The number of rotatable bonds is 5. The number of H-pyrrole nitrogens is 1. The first-order valence-electron chi connectivity index (χ1n) is 13.1. The molecule has 3 aromatic carbocycles. The van der Waals surface area contributed by atoms with E-state index in [0.717, 1.165) is 30.5 Å². The van der Waals surface area contributed by atoms with Crippen LogP contribution in [0.1, 0.15) is 52.7 Å². The van der Waals surface area contributed by atoms with Crippen molar-refractivity contribution in [1.29, 1.82) is 0 Å². The van der Waals surface area contributed by atoms with Crippen molar-refractivity contribution < 1.29 is 23.1 Å². The molecule has 1 saturated carbocycles. The molecule has 0 saturated heterocycles. The predicted molar refractivity (Wildman–Crippen MR) is 142 cm³/mol. The standard InChI is InChI=1S/C31H26F3N3O3/c32-31(33,34)23-11-5-7-20(17-23)19-6-4-8-21(16-19)26(38)28(40)37-15-12-25-24(18-37)27(39)36-29(35-25)30(13-14-30)22-9-2-1-3-10-22/h1-11,16-17,26,38H,12-15,18H2,(H,35,36,39)/t26-/m0/s1. The molecule has 204 valence electrons. The van der Waals surface area contributed by atoms with Gasteiger partial charge < -0.3 is 15.0 Å². The molecule has 40 heavy (non-hydrogen) atoms. The molecule has 1 aliphatic carbocycles. The number of halogens is 3. The second-order valence-corrected chi connectivity index (χ2v) is 10.4. The Morgan fingerprint density at radius 3 is 2.38 bits per heavy atom. The molecule has 0 unspecified atom stereocenters. The molecule has 0 radical (unpaired) electrons. The van der Waals surface area contributed by atoms with Gasteiger partial charge >= 0.3 is 6.18 Å². The summed E-state index contributed by atoms with van der Waals surface area (Å²) >= 11 is 0. The molecule has 1 atom stereocenters. The summed E-state index contributed by atoms with van der Waals surface area (Å²) in [5.74, 6) is 0.0620. The first-order valence-corrected chi connectivity index (χ1v) is 13.1. The van der Waals surface area contributed by atoms with Gasteiger partial charge in [0.25, 0.3) is 11.5 Å². The Morgan fingerprint density at radius 1 is 0.975 bits per heavy atom. The van der Waals surface area contributed by atoms with Crippen molar-refractivity contribution in [1.82, 2.24) is 14.9 Å². The Hall–Kier alpha value is -4.24. The number of carbonyl (C=O) groups excluding carboxylic acids is 1. The molecule has 6 nitrogen and oxygen atoms in total. The molecule has 1 amide bonds. The van der Waals surface area contributed by atoms with Crippen LogP contribution >= 0.6 is 0 Å². The average molecular weight is 546 g/mol. The SMILES string of the molecule is O=C([C@@H](O)c1cccc(-c2cccc(C(F)(F)F)c2)c1)N1CCc2nc(C3(c4ccccc4)CC3)[nH]c(=O)c2C1. The van der Waals surface area contributed by atoms with Crippen LogP contribution in [0.4, 0.5) is 13.2 Å². The van der Waals surface area contributed by atoms with Crippen molar-refractivity contribution in [2.45, 2.75) is 43.5 Å². The summed E-state index contributed by atoms with van der Waals surface area (Å²) in [5.41, 5.74) is 1.83. The second kappa shape index (κ2) is 9.75. The third-order valence-corrected chi connectivity index (χ3v) is 7.87. The van der Waals surface area contributed by atoms with Gasteiger partial charge in [-0.05, 0) is 53.3 Å². The molecule has 2 heterocycles. The Morgan fingerprint density at radius 2 is 1.68 bits per heavy atom. The first-order chi connectivity index (χ1) is 19.2. The van der Waals surface area contributed by atoms with Crippen molar-refractivity contribution >= 4 is 5.91 Å². The number of nitrogens with one attached hydrogen (secondary N) is 1. The highest BCUT2D eigenvalue weighted by Gasteiger charge is 2.48. The highest BCUT2D eigenvalue weighted by atomic mass is 19.4. The van der Waals surface area contributed by atoms with E-state index in [-0.39, 0.29) is 29.6 Å². The highest BCUT2D eigenvalue weighted by molar-refractivity contribution is 5.83. The van der Waals surface area contributed by atoms with E-state index in [4.69, 9.17) is 4.98 Å². The molecule has 9 heteroatoms. The van der Waals surface area contributed by atoms with E-state index < -0.39 is 23.8 Å². The number of amides is 1. The number of alkyl halides is 3. The lowest BCUT2D eigenvalue weighted by Crippen LogP contribution is -2.42. The molecule has 2 N–H and O–H groups in total. The second-order valence-electron chi connectivity index (χ2n) is 10.4. The summed E-state index contributed by atoms with van der Waals surface area (Å²) in [7, 11) is 0. The molecule has 4 aromatic rings. The van der Waals surface area contributed by atoms with E-state index in [9.17, 15) is 27.9 Å². The van der Waals surface area contributed by atoms with Crippen LogP contribution in [0.2, 0.25) is 0 Å². The maximum Gasteiger partial charge on any atom is 0.416 e. The number of nitrogens with zero attached hydrogens (tertiary/aromatic N) is 2. The summed E-state index contributed by atoms with van der Waals surface area (Å²) in [6.45, 7) is 0.296. The summed E-state index contributed by atoms with van der Waals surface area (Å²) in [6, 6.07) is 21.1. The number of hydrogen-bond acceptors (Lipinski definition) is 4. The lowest BCUT2D eigenvalue weighted by Gasteiger charge is -2.30. The Balaban J connectivity index is 1.22. The monoisotopic (exact) mass is 545 g/mol. The summed E-state index contributed by atoms with van der Waals surface area (Å²) in [4.78, 5) is 35.6. The number of fused-ring (bicyclic) bond motifs is 1. The quantitative estimate of drug-likeness (QED) is 0.363. The fraction of sp³-hybridized carbons (Fsp3) is 0.258. The Kier molecular flexibility index (Phi) is 6.34. The van der Waals surface area contributed by atoms with Crippen LogP contribution in [0.15, 0.2) is 83.7 Å². The zero-order valence-corrected chi connectivity index (χ0v) is 21.4. The molecular weight excluding hydrogens is 519 g/mol. The maximum absolute atomic E-state index is 13.3. The van der Waals surface area contributed by atoms with E-state index in [1.807, 2.05) is 30.3 Å². The lowest BCUT2D eigenvalue weighted by atomic mass is 9.94. The molecule has 2 aliphatic rings. The van der Waals surface area contributed by atoms with Gasteiger partial charge in [0, 0.05) is 13.0 Å². The van der Waals surface area contributed by atoms with Gasteiger partial charge in [-0.2, -0.15) is 13.2 Å². The van der Waals surface area contributed by atoms with Crippen LogP contribution in [0.3, 0.4) is 0 Å². The first kappa shape index (κ1) is 26.0. The van der Waals surface area contributed by atoms with E-state index >= 15 is 0 Å².